The van der Waals surface area contributed by atoms with Gasteiger partial charge in [-0.05, 0) is 0 Å². The number of hydrogen-bond donors (Lipinski definition) is 2. The van der Waals surface area contributed by atoms with Crippen LogP contribution in [0, 0.1) is 5.21 Å². The van der Waals surface area contributed by atoms with Crippen LogP contribution in [0.2, 0.25) is 0 Å². The van der Waals surface area contributed by atoms with Crippen LogP contribution in [0.15, 0.2) is 30.3 Å². The predicted octanol–water partition coefficient (Wildman–Crippen LogP) is 1.28. The molecular weight excluding hydrogens is 146 g/mol. The molecule has 2 N–H and O–H groups in total. The van der Waals surface area contributed by atoms with Crippen LogP contribution in [0.4, 0.5) is 0 Å². The van der Waals surface area contributed by atoms with Crippen molar-refractivity contribution < 1.29 is 15.4 Å². The summed E-state index contributed by atoms with van der Waals surface area (Å²) in [5, 5.41) is 27.1. The molecule has 0 fully saturated rings. The Morgan fingerprint density at radius 2 is 1.73 bits per heavy atom. The third-order valence-electron chi connectivity index (χ3n) is 1.23. The van der Waals surface area contributed by atoms with E-state index in [0.717, 1.165) is 0 Å². The first-order valence-corrected chi connectivity index (χ1v) is 3.16. The molecule has 0 aliphatic rings. The highest BCUT2D eigenvalue weighted by molar-refractivity contribution is 5.13. The van der Waals surface area contributed by atoms with Crippen LogP contribution >= 0.6 is 0 Å². The molecule has 0 amide bonds. The first-order valence-electron chi connectivity index (χ1n) is 3.16. The van der Waals surface area contributed by atoms with Crippen molar-refractivity contribution in [1.29, 1.82) is 0 Å². The molecule has 0 atom stereocenters. The van der Waals surface area contributed by atoms with Gasteiger partial charge in [0.25, 0.3) is 0 Å². The summed E-state index contributed by atoms with van der Waals surface area (Å²) in [4.78, 5) is -2.26. The molecule has 0 spiro atoms. The minimum atomic E-state index is -2.26. The number of nitrogens with zero attached hydrogens (tertiary/aromatic N) is 1. The molecule has 1 aromatic carbocycles. The third kappa shape index (κ3) is 3.10. The maximum atomic E-state index is 10.3. The first kappa shape index (κ1) is 8.16. The highest BCUT2D eigenvalue weighted by Crippen LogP contribution is 2.05. The molecule has 1 aromatic rings. The molecule has 1 rings (SSSR count). The van der Waals surface area contributed by atoms with E-state index in [1.165, 1.54) is 0 Å². The fourth-order valence-electron chi connectivity index (χ4n) is 0.821. The van der Waals surface area contributed by atoms with Gasteiger partial charge in [0.1, 0.15) is 0 Å². The van der Waals surface area contributed by atoms with Gasteiger partial charge in [-0.2, -0.15) is 10.4 Å². The molecule has 11 heavy (non-hydrogen) atoms. The number of rotatable bonds is 2. The molecule has 4 nitrogen and oxygen atoms in total. The lowest BCUT2D eigenvalue weighted by Crippen LogP contribution is -2.32. The van der Waals surface area contributed by atoms with E-state index in [9.17, 15) is 5.21 Å². The standard InChI is InChI=1S/C7H9NO3/c9-8(10,11)6-7-4-2-1-3-5-7/h1-5,9-10H,6H2. The van der Waals surface area contributed by atoms with Gasteiger partial charge < -0.3 is 5.21 Å². The Morgan fingerprint density at radius 3 is 2.18 bits per heavy atom. The molecule has 0 aliphatic carbocycles. The molecule has 0 saturated heterocycles. The second-order valence-electron chi connectivity index (χ2n) is 2.31. The lowest BCUT2D eigenvalue weighted by Gasteiger charge is -2.23. The number of benzene rings is 1. The second-order valence-corrected chi connectivity index (χ2v) is 2.31. The van der Waals surface area contributed by atoms with E-state index in [4.69, 9.17) is 10.4 Å². The summed E-state index contributed by atoms with van der Waals surface area (Å²) < 4.78 is 0. The summed E-state index contributed by atoms with van der Waals surface area (Å²) in [6.07, 6.45) is 0. The van der Waals surface area contributed by atoms with Crippen molar-refractivity contribution in [3.05, 3.63) is 41.1 Å². The van der Waals surface area contributed by atoms with Gasteiger partial charge in [0.15, 0.2) is 6.54 Å². The van der Waals surface area contributed by atoms with Crippen LogP contribution in [-0.4, -0.2) is 15.4 Å². The van der Waals surface area contributed by atoms with Gasteiger partial charge in [0.2, 0.25) is 0 Å². The van der Waals surface area contributed by atoms with Crippen molar-refractivity contribution in [2.24, 2.45) is 0 Å². The zero-order valence-corrected chi connectivity index (χ0v) is 5.84. The van der Waals surface area contributed by atoms with Crippen molar-refractivity contribution in [3.63, 3.8) is 0 Å². The van der Waals surface area contributed by atoms with Crippen LogP contribution in [0.1, 0.15) is 5.56 Å². The molecule has 4 heteroatoms. The van der Waals surface area contributed by atoms with E-state index in [1.807, 2.05) is 0 Å². The Morgan fingerprint density at radius 1 is 1.18 bits per heavy atom. The zero-order valence-electron chi connectivity index (χ0n) is 5.84. The first-order chi connectivity index (χ1) is 5.08. The van der Waals surface area contributed by atoms with Crippen LogP contribution < -0.4 is 0 Å². The molecule has 0 radical (unpaired) electrons. The predicted molar refractivity (Wildman–Crippen MR) is 37.3 cm³/mol. The lowest BCUT2D eigenvalue weighted by atomic mass is 10.2. The molecular formula is C7H9NO3. The quantitative estimate of drug-likeness (QED) is 0.499. The maximum Gasteiger partial charge on any atom is 0.167 e. The van der Waals surface area contributed by atoms with Gasteiger partial charge >= 0.3 is 0 Å². The van der Waals surface area contributed by atoms with Gasteiger partial charge in [-0.25, -0.2) is 0 Å². The highest BCUT2D eigenvalue weighted by atomic mass is 17.1. The zero-order chi connectivity index (χ0) is 8.32. The SMILES string of the molecule is [O-][N+](O)(O)Cc1ccccc1. The van der Waals surface area contributed by atoms with E-state index in [2.05, 4.69) is 0 Å². The molecule has 0 saturated carbocycles. The summed E-state index contributed by atoms with van der Waals surface area (Å²) in [5.74, 6) is 0. The number of hydroxylamine groups is 3. The van der Waals surface area contributed by atoms with E-state index in [1.54, 1.807) is 30.3 Å². The van der Waals surface area contributed by atoms with Gasteiger partial charge in [-0.1, -0.05) is 35.3 Å². The van der Waals surface area contributed by atoms with Crippen molar-refractivity contribution in [3.8, 4) is 0 Å². The lowest BCUT2D eigenvalue weighted by molar-refractivity contribution is -1.22. The topological polar surface area (TPSA) is 63.5 Å². The van der Waals surface area contributed by atoms with Crippen LogP contribution in [0.3, 0.4) is 0 Å². The average molecular weight is 155 g/mol. The van der Waals surface area contributed by atoms with Crippen molar-refractivity contribution in [2.75, 3.05) is 0 Å². The van der Waals surface area contributed by atoms with Crippen LogP contribution in [-0.2, 0) is 6.54 Å². The average Bonchev–Trinajstić information content (AvgIpc) is 1.85. The molecule has 0 unspecified atom stereocenters. The van der Waals surface area contributed by atoms with Gasteiger partial charge in [0.05, 0.1) is 0 Å². The maximum absolute atomic E-state index is 10.3. The van der Waals surface area contributed by atoms with Gasteiger partial charge in [-0.15, -0.1) is 0 Å². The highest BCUT2D eigenvalue weighted by Gasteiger charge is 2.08. The van der Waals surface area contributed by atoms with E-state index >= 15 is 0 Å². The van der Waals surface area contributed by atoms with Crippen LogP contribution in [0.5, 0.6) is 0 Å². The minimum absolute atomic E-state index is 0.346. The smallest absolute Gasteiger partial charge is 0.167 e. The Balaban J connectivity index is 2.66. The summed E-state index contributed by atoms with van der Waals surface area (Å²) in [7, 11) is 0. The van der Waals surface area contributed by atoms with Crippen molar-refractivity contribution in [1.82, 2.24) is 0 Å². The van der Waals surface area contributed by atoms with E-state index in [-0.39, 0.29) is 6.54 Å². The normalized spacial score (nSPS) is 11.5. The molecule has 0 aromatic heterocycles. The van der Waals surface area contributed by atoms with E-state index in [0.29, 0.717) is 5.56 Å². The van der Waals surface area contributed by atoms with Gasteiger partial charge in [0, 0.05) is 5.56 Å². The monoisotopic (exact) mass is 155 g/mol. The molecule has 0 bridgehead atoms. The Hall–Kier alpha value is -0.940. The number of hydrogen-bond acceptors (Lipinski definition) is 3. The summed E-state index contributed by atoms with van der Waals surface area (Å²) in [6, 6.07) is 8.54. The minimum Gasteiger partial charge on any atom is -0.564 e. The van der Waals surface area contributed by atoms with E-state index < -0.39 is 4.97 Å². The Kier molecular flexibility index (Phi) is 2.21. The Bertz CT molecular complexity index is 217. The molecule has 0 aliphatic heterocycles. The number of quaternary nitrogens is 1. The third-order valence-corrected chi connectivity index (χ3v) is 1.23. The second kappa shape index (κ2) is 2.98. The fourth-order valence-corrected chi connectivity index (χ4v) is 0.821. The Labute approximate surface area is 64.0 Å². The summed E-state index contributed by atoms with van der Waals surface area (Å²) in [6.45, 7) is -0.346. The largest absolute Gasteiger partial charge is 0.564 e. The van der Waals surface area contributed by atoms with Gasteiger partial charge in [-0.3, -0.25) is 0 Å². The molecule has 0 heterocycles. The molecule has 60 valence electrons. The fraction of sp³-hybridized carbons (Fsp3) is 0.143. The summed E-state index contributed by atoms with van der Waals surface area (Å²) in [5.41, 5.74) is 0.590. The summed E-state index contributed by atoms with van der Waals surface area (Å²) >= 11 is 0. The van der Waals surface area contributed by atoms with Crippen molar-refractivity contribution in [2.45, 2.75) is 6.54 Å². The van der Waals surface area contributed by atoms with Crippen LogP contribution in [0.25, 0.3) is 0 Å². The van der Waals surface area contributed by atoms with Crippen molar-refractivity contribution >= 4 is 0 Å².